The summed E-state index contributed by atoms with van der Waals surface area (Å²) in [4.78, 5) is 12.6. The molecule has 2 heterocycles. The number of hydrogen-bond acceptors (Lipinski definition) is 2. The van der Waals surface area contributed by atoms with E-state index in [1.54, 1.807) is 24.3 Å². The fourth-order valence-electron chi connectivity index (χ4n) is 4.42. The number of nitrogens with one attached hydrogen (secondary N) is 1. The second-order valence-corrected chi connectivity index (χ2v) is 7.80. The summed E-state index contributed by atoms with van der Waals surface area (Å²) in [5, 5.41) is 3.84. The van der Waals surface area contributed by atoms with Crippen LogP contribution in [0.4, 0.5) is 18.9 Å². The van der Waals surface area contributed by atoms with Gasteiger partial charge in [0.25, 0.3) is 0 Å². The Labute approximate surface area is 182 Å². The lowest BCUT2D eigenvalue weighted by atomic mass is 9.88. The molecule has 0 bridgehead atoms. The Morgan fingerprint density at radius 1 is 1.06 bits per heavy atom. The first kappa shape index (κ1) is 20.2. The summed E-state index contributed by atoms with van der Waals surface area (Å²) in [6.07, 6.45) is 2.12. The molecule has 3 aromatic carbocycles. The summed E-state index contributed by atoms with van der Waals surface area (Å²) in [6, 6.07) is 18.5. The van der Waals surface area contributed by atoms with Crippen LogP contribution in [0.2, 0.25) is 0 Å². The predicted molar refractivity (Wildman–Crippen MR) is 116 cm³/mol. The van der Waals surface area contributed by atoms with Crippen LogP contribution in [0.1, 0.15) is 29.0 Å². The first-order valence-corrected chi connectivity index (χ1v) is 10.2. The number of carbonyl (C=O) groups excluding carboxylic acids is 1. The summed E-state index contributed by atoms with van der Waals surface area (Å²) in [6.45, 7) is -2.48. The lowest BCUT2D eigenvalue weighted by molar-refractivity contribution is -0.116. The molecule has 0 spiro atoms. The van der Waals surface area contributed by atoms with E-state index in [2.05, 4.69) is 10.1 Å². The Morgan fingerprint density at radius 2 is 1.88 bits per heavy atom. The Morgan fingerprint density at radius 3 is 2.69 bits per heavy atom. The molecule has 4 nitrogen and oxygen atoms in total. The van der Waals surface area contributed by atoms with Gasteiger partial charge in [-0.1, -0.05) is 30.3 Å². The standard InChI is InChI=1S/C25H19F3N2O2/c26-17-6-1-4-15(10-17)13-30-14-20-19(16-5-2-7-18(11-16)32-25(27)28)12-23(31)29-21-8-3-9-22(30)24(20)21/h1-11,14,19,25H,12-13H2,(H,29,31). The smallest absolute Gasteiger partial charge is 0.387 e. The summed E-state index contributed by atoms with van der Waals surface area (Å²) in [7, 11) is 0. The molecule has 0 aliphatic carbocycles. The van der Waals surface area contributed by atoms with E-state index >= 15 is 0 Å². The van der Waals surface area contributed by atoms with Gasteiger partial charge in [0.05, 0.1) is 11.2 Å². The molecule has 0 fully saturated rings. The zero-order chi connectivity index (χ0) is 22.2. The third kappa shape index (κ3) is 3.82. The molecule has 0 saturated carbocycles. The van der Waals surface area contributed by atoms with E-state index in [9.17, 15) is 18.0 Å². The Balaban J connectivity index is 1.64. The molecule has 1 aliphatic heterocycles. The number of anilines is 1. The van der Waals surface area contributed by atoms with Crippen molar-refractivity contribution in [3.63, 3.8) is 0 Å². The van der Waals surface area contributed by atoms with Crippen LogP contribution in [-0.4, -0.2) is 17.1 Å². The maximum Gasteiger partial charge on any atom is 0.387 e. The second kappa shape index (κ2) is 8.07. The summed E-state index contributed by atoms with van der Waals surface area (Å²) >= 11 is 0. The summed E-state index contributed by atoms with van der Waals surface area (Å²) in [5.41, 5.74) is 4.01. The Hall–Kier alpha value is -3.74. The van der Waals surface area contributed by atoms with Crippen LogP contribution in [0, 0.1) is 5.82 Å². The van der Waals surface area contributed by atoms with Crippen molar-refractivity contribution in [2.24, 2.45) is 0 Å². The van der Waals surface area contributed by atoms with Crippen molar-refractivity contribution in [3.05, 3.63) is 95.4 Å². The highest BCUT2D eigenvalue weighted by atomic mass is 19.3. The number of hydrogen-bond donors (Lipinski definition) is 1. The van der Waals surface area contributed by atoms with Gasteiger partial charge in [0.1, 0.15) is 11.6 Å². The molecular weight excluding hydrogens is 417 g/mol. The van der Waals surface area contributed by atoms with Crippen molar-refractivity contribution < 1.29 is 22.7 Å². The highest BCUT2D eigenvalue weighted by Gasteiger charge is 2.28. The molecule has 1 aliphatic rings. The van der Waals surface area contributed by atoms with Gasteiger partial charge in [-0.05, 0) is 53.1 Å². The third-order valence-electron chi connectivity index (χ3n) is 5.70. The normalized spacial score (nSPS) is 15.6. The average Bonchev–Trinajstić information content (AvgIpc) is 3.03. The Kier molecular flexibility index (Phi) is 5.09. The largest absolute Gasteiger partial charge is 0.435 e. The Bertz CT molecular complexity index is 1320. The van der Waals surface area contributed by atoms with E-state index in [1.807, 2.05) is 35.0 Å². The zero-order valence-electron chi connectivity index (χ0n) is 16.9. The molecule has 4 aromatic rings. The van der Waals surface area contributed by atoms with Crippen molar-refractivity contribution in [3.8, 4) is 5.75 Å². The second-order valence-electron chi connectivity index (χ2n) is 7.80. The number of alkyl halides is 2. The van der Waals surface area contributed by atoms with E-state index in [0.717, 1.165) is 22.0 Å². The molecule has 1 amide bonds. The van der Waals surface area contributed by atoms with Gasteiger partial charge in [-0.3, -0.25) is 4.79 Å². The predicted octanol–water partition coefficient (Wildman–Crippen LogP) is 5.90. The maximum atomic E-state index is 13.7. The van der Waals surface area contributed by atoms with E-state index < -0.39 is 6.61 Å². The molecule has 5 rings (SSSR count). The number of carbonyl (C=O) groups is 1. The SMILES string of the molecule is O=C1CC(c2cccc(OC(F)F)c2)c2cn(Cc3cccc(F)c3)c3cccc(c23)N1. The monoisotopic (exact) mass is 436 g/mol. The summed E-state index contributed by atoms with van der Waals surface area (Å²) in [5.74, 6) is -0.764. The number of benzene rings is 3. The van der Waals surface area contributed by atoms with Crippen LogP contribution >= 0.6 is 0 Å². The van der Waals surface area contributed by atoms with Crippen molar-refractivity contribution >= 4 is 22.5 Å². The topological polar surface area (TPSA) is 43.3 Å². The van der Waals surface area contributed by atoms with Crippen LogP contribution in [0.3, 0.4) is 0 Å². The van der Waals surface area contributed by atoms with Gasteiger partial charge < -0.3 is 14.6 Å². The number of rotatable bonds is 5. The number of amides is 1. The van der Waals surface area contributed by atoms with Gasteiger partial charge in [-0.15, -0.1) is 0 Å². The minimum Gasteiger partial charge on any atom is -0.435 e. The minimum atomic E-state index is -2.93. The maximum absolute atomic E-state index is 13.7. The van der Waals surface area contributed by atoms with E-state index in [4.69, 9.17) is 0 Å². The first-order chi connectivity index (χ1) is 15.5. The van der Waals surface area contributed by atoms with Gasteiger partial charge in [-0.25, -0.2) is 4.39 Å². The van der Waals surface area contributed by atoms with E-state index in [1.165, 1.54) is 18.2 Å². The van der Waals surface area contributed by atoms with Crippen molar-refractivity contribution in [1.82, 2.24) is 4.57 Å². The highest BCUT2D eigenvalue weighted by Crippen LogP contribution is 2.41. The lowest BCUT2D eigenvalue weighted by Crippen LogP contribution is -2.14. The van der Waals surface area contributed by atoms with Crippen LogP contribution < -0.4 is 10.1 Å². The molecule has 7 heteroatoms. The fraction of sp³-hybridized carbons (Fsp3) is 0.160. The van der Waals surface area contributed by atoms with Gasteiger partial charge in [0.15, 0.2) is 0 Å². The number of nitrogens with zero attached hydrogens (tertiary/aromatic N) is 1. The molecule has 1 atom stereocenters. The minimum absolute atomic E-state index is 0.0471. The third-order valence-corrected chi connectivity index (χ3v) is 5.70. The van der Waals surface area contributed by atoms with Crippen LogP contribution in [0.25, 0.3) is 10.9 Å². The van der Waals surface area contributed by atoms with Crippen LogP contribution in [0.5, 0.6) is 5.75 Å². The summed E-state index contributed by atoms with van der Waals surface area (Å²) < 4.78 is 45.8. The van der Waals surface area contributed by atoms with Crippen LogP contribution in [-0.2, 0) is 11.3 Å². The van der Waals surface area contributed by atoms with E-state index in [0.29, 0.717) is 17.8 Å². The van der Waals surface area contributed by atoms with Gasteiger partial charge in [0, 0.05) is 30.5 Å². The first-order valence-electron chi connectivity index (χ1n) is 10.2. The lowest BCUT2D eigenvalue weighted by Gasteiger charge is -2.16. The fourth-order valence-corrected chi connectivity index (χ4v) is 4.42. The van der Waals surface area contributed by atoms with Gasteiger partial charge >= 0.3 is 6.61 Å². The van der Waals surface area contributed by atoms with Gasteiger partial charge in [-0.2, -0.15) is 8.78 Å². The highest BCUT2D eigenvalue weighted by molar-refractivity contribution is 6.06. The van der Waals surface area contributed by atoms with Crippen LogP contribution in [0.15, 0.2) is 72.9 Å². The molecule has 1 aromatic heterocycles. The number of aromatic nitrogens is 1. The molecular formula is C25H19F3N2O2. The van der Waals surface area contributed by atoms with Crippen molar-refractivity contribution in [2.45, 2.75) is 25.5 Å². The molecule has 1 N–H and O–H groups in total. The molecule has 1 unspecified atom stereocenters. The van der Waals surface area contributed by atoms with Crippen molar-refractivity contribution in [2.75, 3.05) is 5.32 Å². The molecule has 162 valence electrons. The number of halogens is 3. The average molecular weight is 436 g/mol. The zero-order valence-corrected chi connectivity index (χ0v) is 16.9. The van der Waals surface area contributed by atoms with E-state index in [-0.39, 0.29) is 29.8 Å². The quantitative estimate of drug-likeness (QED) is 0.423. The molecule has 32 heavy (non-hydrogen) atoms. The van der Waals surface area contributed by atoms with Gasteiger partial charge in [0.2, 0.25) is 5.91 Å². The van der Waals surface area contributed by atoms with Crippen molar-refractivity contribution in [1.29, 1.82) is 0 Å². The molecule has 0 saturated heterocycles. The molecule has 0 radical (unpaired) electrons. The number of ether oxygens (including phenoxy) is 1.